The second-order valence-electron chi connectivity index (χ2n) is 4.51. The minimum atomic E-state index is -0.420. The first-order valence-electron chi connectivity index (χ1n) is 6.03. The number of aromatic nitrogens is 1. The monoisotopic (exact) mass is 263 g/mol. The van der Waals surface area contributed by atoms with E-state index in [4.69, 9.17) is 5.84 Å². The number of nitrogen functional groups attached to an aromatic ring is 1. The fourth-order valence-electron chi connectivity index (χ4n) is 1.94. The van der Waals surface area contributed by atoms with E-state index in [9.17, 15) is 9.59 Å². The van der Waals surface area contributed by atoms with Crippen molar-refractivity contribution in [2.75, 3.05) is 26.7 Å². The summed E-state index contributed by atoms with van der Waals surface area (Å²) in [5, 5.41) is 0. The second-order valence-corrected chi connectivity index (χ2v) is 4.51. The van der Waals surface area contributed by atoms with Gasteiger partial charge in [-0.05, 0) is 12.1 Å². The molecule has 19 heavy (non-hydrogen) atoms. The number of nitrogens with zero attached hydrogens (tertiary/aromatic N) is 3. The lowest BCUT2D eigenvalue weighted by molar-refractivity contribution is -0.134. The van der Waals surface area contributed by atoms with E-state index < -0.39 is 5.91 Å². The van der Waals surface area contributed by atoms with E-state index in [1.54, 1.807) is 24.1 Å². The van der Waals surface area contributed by atoms with E-state index in [0.29, 0.717) is 19.6 Å². The first-order chi connectivity index (χ1) is 9.10. The first-order valence-corrected chi connectivity index (χ1v) is 6.03. The fourth-order valence-corrected chi connectivity index (χ4v) is 1.94. The molecule has 0 radical (unpaired) electrons. The van der Waals surface area contributed by atoms with Crippen molar-refractivity contribution in [3.8, 4) is 0 Å². The van der Waals surface area contributed by atoms with Gasteiger partial charge in [0.05, 0.1) is 12.2 Å². The molecule has 1 aliphatic heterocycles. The maximum atomic E-state index is 11.6. The molecule has 0 unspecified atom stereocenters. The zero-order valence-corrected chi connectivity index (χ0v) is 10.8. The maximum Gasteiger partial charge on any atom is 0.283 e. The topological polar surface area (TPSA) is 91.6 Å². The fraction of sp³-hybridized carbons (Fsp3) is 0.417. The molecule has 1 aliphatic rings. The van der Waals surface area contributed by atoms with Gasteiger partial charge in [0.25, 0.3) is 5.91 Å². The zero-order valence-electron chi connectivity index (χ0n) is 10.8. The van der Waals surface area contributed by atoms with Gasteiger partial charge in [-0.3, -0.25) is 19.9 Å². The van der Waals surface area contributed by atoms with Crippen molar-refractivity contribution >= 4 is 11.8 Å². The lowest BCUT2D eigenvalue weighted by Gasteiger charge is -2.31. The van der Waals surface area contributed by atoms with Crippen molar-refractivity contribution in [1.82, 2.24) is 20.2 Å². The van der Waals surface area contributed by atoms with Crippen LogP contribution in [0.15, 0.2) is 18.2 Å². The molecule has 0 bridgehead atoms. The highest BCUT2D eigenvalue weighted by Gasteiger charge is 2.21. The van der Waals surface area contributed by atoms with Crippen LogP contribution in [-0.2, 0) is 11.3 Å². The lowest BCUT2D eigenvalue weighted by Crippen LogP contribution is -2.48. The number of hydrazine groups is 1. The zero-order chi connectivity index (χ0) is 13.8. The van der Waals surface area contributed by atoms with Crippen LogP contribution in [-0.4, -0.2) is 53.3 Å². The number of amides is 2. The molecule has 0 spiro atoms. The third kappa shape index (κ3) is 3.27. The van der Waals surface area contributed by atoms with Gasteiger partial charge in [-0.2, -0.15) is 0 Å². The second kappa shape index (κ2) is 5.77. The van der Waals surface area contributed by atoms with Crippen molar-refractivity contribution in [3.63, 3.8) is 0 Å². The van der Waals surface area contributed by atoms with E-state index in [1.165, 1.54) is 0 Å². The Balaban J connectivity index is 2.03. The highest BCUT2D eigenvalue weighted by Crippen LogP contribution is 2.07. The van der Waals surface area contributed by atoms with E-state index in [0.717, 1.165) is 12.2 Å². The Bertz CT molecular complexity index is 491. The van der Waals surface area contributed by atoms with Gasteiger partial charge in [-0.1, -0.05) is 6.07 Å². The van der Waals surface area contributed by atoms with Gasteiger partial charge in [0.2, 0.25) is 5.91 Å². The number of likely N-dealkylation sites (N-methyl/N-ethyl adjacent to an activating group) is 1. The van der Waals surface area contributed by atoms with Crippen LogP contribution in [0, 0.1) is 0 Å². The van der Waals surface area contributed by atoms with E-state index in [1.807, 2.05) is 16.4 Å². The molecule has 3 N–H and O–H groups in total. The Hall–Kier alpha value is -1.99. The summed E-state index contributed by atoms with van der Waals surface area (Å²) in [6.07, 6.45) is 0. The van der Waals surface area contributed by atoms with Gasteiger partial charge in [0, 0.05) is 26.7 Å². The molecule has 7 nitrogen and oxygen atoms in total. The average molecular weight is 263 g/mol. The molecule has 1 aromatic heterocycles. The number of carbonyl (C=O) groups is 2. The van der Waals surface area contributed by atoms with E-state index in [-0.39, 0.29) is 11.6 Å². The number of piperazine rings is 1. The van der Waals surface area contributed by atoms with Gasteiger partial charge in [0.1, 0.15) is 5.69 Å². The lowest BCUT2D eigenvalue weighted by atomic mass is 10.2. The molecule has 1 saturated heterocycles. The van der Waals surface area contributed by atoms with Crippen molar-refractivity contribution in [2.24, 2.45) is 5.84 Å². The van der Waals surface area contributed by atoms with Crippen LogP contribution in [0.4, 0.5) is 0 Å². The molecular formula is C12H17N5O2. The van der Waals surface area contributed by atoms with E-state index in [2.05, 4.69) is 4.98 Å². The Morgan fingerprint density at radius 1 is 1.47 bits per heavy atom. The summed E-state index contributed by atoms with van der Waals surface area (Å²) in [7, 11) is 1.80. The van der Waals surface area contributed by atoms with Gasteiger partial charge in [0.15, 0.2) is 0 Å². The van der Waals surface area contributed by atoms with Crippen LogP contribution in [0.3, 0.4) is 0 Å². The number of pyridine rings is 1. The summed E-state index contributed by atoms with van der Waals surface area (Å²) in [4.78, 5) is 30.9. The predicted molar refractivity (Wildman–Crippen MR) is 68.8 cm³/mol. The Morgan fingerprint density at radius 3 is 2.95 bits per heavy atom. The van der Waals surface area contributed by atoms with Crippen LogP contribution in [0.5, 0.6) is 0 Å². The summed E-state index contributed by atoms with van der Waals surface area (Å²) in [6, 6.07) is 5.18. The molecule has 7 heteroatoms. The van der Waals surface area contributed by atoms with Gasteiger partial charge >= 0.3 is 0 Å². The first kappa shape index (κ1) is 13.4. The molecule has 102 valence electrons. The summed E-state index contributed by atoms with van der Waals surface area (Å²) in [5.41, 5.74) is 3.08. The molecule has 1 aromatic rings. The maximum absolute atomic E-state index is 11.6. The molecule has 0 aliphatic carbocycles. The molecule has 0 saturated carbocycles. The number of nitrogens with two attached hydrogens (primary N) is 1. The van der Waals surface area contributed by atoms with Gasteiger partial charge in [-0.15, -0.1) is 0 Å². The minimum Gasteiger partial charge on any atom is -0.343 e. The van der Waals surface area contributed by atoms with Crippen LogP contribution >= 0.6 is 0 Å². The van der Waals surface area contributed by atoms with Crippen LogP contribution < -0.4 is 11.3 Å². The Morgan fingerprint density at radius 2 is 2.26 bits per heavy atom. The molecule has 1 fully saturated rings. The Labute approximate surface area is 111 Å². The predicted octanol–water partition coefficient (Wildman–Crippen LogP) is -1.04. The van der Waals surface area contributed by atoms with Gasteiger partial charge in [-0.25, -0.2) is 10.8 Å². The van der Waals surface area contributed by atoms with Crippen LogP contribution in [0.25, 0.3) is 0 Å². The third-order valence-electron chi connectivity index (χ3n) is 3.09. The SMILES string of the molecule is CN1CCN(Cc2cccc(C(=O)NN)n2)CC1=O. The summed E-state index contributed by atoms with van der Waals surface area (Å²) >= 11 is 0. The number of hydrogen-bond donors (Lipinski definition) is 2. The largest absolute Gasteiger partial charge is 0.343 e. The van der Waals surface area contributed by atoms with Gasteiger partial charge < -0.3 is 4.90 Å². The highest BCUT2D eigenvalue weighted by molar-refractivity contribution is 5.91. The summed E-state index contributed by atoms with van der Waals surface area (Å²) in [6.45, 7) is 2.44. The summed E-state index contributed by atoms with van der Waals surface area (Å²) in [5.74, 6) is 4.75. The highest BCUT2D eigenvalue weighted by atomic mass is 16.2. The number of nitrogens with one attached hydrogen (secondary N) is 1. The molecule has 0 aromatic carbocycles. The summed E-state index contributed by atoms with van der Waals surface area (Å²) < 4.78 is 0. The average Bonchev–Trinajstić information content (AvgIpc) is 2.42. The molecule has 2 amide bonds. The number of rotatable bonds is 3. The minimum absolute atomic E-state index is 0.0992. The van der Waals surface area contributed by atoms with Crippen molar-refractivity contribution in [2.45, 2.75) is 6.54 Å². The normalized spacial score (nSPS) is 16.5. The molecule has 2 heterocycles. The third-order valence-corrected chi connectivity index (χ3v) is 3.09. The van der Waals surface area contributed by atoms with Crippen LogP contribution in [0.2, 0.25) is 0 Å². The number of hydrogen-bond acceptors (Lipinski definition) is 5. The molecular weight excluding hydrogens is 246 g/mol. The van der Waals surface area contributed by atoms with Crippen molar-refractivity contribution in [3.05, 3.63) is 29.6 Å². The number of carbonyl (C=O) groups excluding carboxylic acids is 2. The van der Waals surface area contributed by atoms with E-state index >= 15 is 0 Å². The smallest absolute Gasteiger partial charge is 0.283 e. The van der Waals surface area contributed by atoms with Crippen molar-refractivity contribution < 1.29 is 9.59 Å². The molecule has 2 rings (SSSR count). The molecule has 0 atom stereocenters. The quantitative estimate of drug-likeness (QED) is 0.413. The van der Waals surface area contributed by atoms with Crippen LogP contribution in [0.1, 0.15) is 16.2 Å². The standard InChI is InChI=1S/C12H17N5O2/c1-16-5-6-17(8-11(16)18)7-9-3-2-4-10(14-9)12(19)15-13/h2-4H,5-8,13H2,1H3,(H,15,19). The Kier molecular flexibility index (Phi) is 4.08. The van der Waals surface area contributed by atoms with Crippen molar-refractivity contribution in [1.29, 1.82) is 0 Å².